The number of rotatable bonds is 0. The monoisotopic (exact) mass is 412 g/mol. The molecule has 0 aromatic heterocycles. The molecule has 0 nitrogen and oxygen atoms in total. The van der Waals surface area contributed by atoms with Crippen LogP contribution >= 0.6 is 0 Å². The molecule has 0 atom stereocenters. The largest absolute Gasteiger partial charge is 1.00 e. The normalized spacial score (nSPS) is 9.92. The first kappa shape index (κ1) is 22.5. The van der Waals surface area contributed by atoms with Crippen LogP contribution in [0.15, 0.2) is 84.9 Å². The molecule has 5 rings (SSSR count). The van der Waals surface area contributed by atoms with Crippen LogP contribution in [0.5, 0.6) is 0 Å². The summed E-state index contributed by atoms with van der Waals surface area (Å²) in [4.78, 5) is 3.25. The summed E-state index contributed by atoms with van der Waals surface area (Å²) in [5.41, 5.74) is 5.51. The quantitative estimate of drug-likeness (QED) is 0.239. The number of benzene rings is 3. The number of fused-ring (bicyclic) bond motifs is 4. The maximum absolute atomic E-state index is 3.30. The average molecular weight is 413 g/mol. The van der Waals surface area contributed by atoms with E-state index in [1.54, 1.807) is 20.0 Å². The Balaban J connectivity index is 0.000000232. The van der Waals surface area contributed by atoms with Crippen molar-refractivity contribution in [2.75, 3.05) is 0 Å². The van der Waals surface area contributed by atoms with E-state index in [2.05, 4.69) is 89.7 Å². The fourth-order valence-electron chi connectivity index (χ4n) is 3.07. The molecule has 0 unspecified atom stereocenters. The maximum Gasteiger partial charge on any atom is -0.0253 e. The molecular weight excluding hydrogens is 395 g/mol. The molecule has 0 amide bonds. The molecule has 3 heteroatoms. The van der Waals surface area contributed by atoms with Crippen LogP contribution < -0.4 is 24.8 Å². The summed E-state index contributed by atoms with van der Waals surface area (Å²) in [5.74, 6) is 0. The summed E-state index contributed by atoms with van der Waals surface area (Å²) in [6.07, 6.45) is 1.05. The first-order valence-corrected chi connectivity index (χ1v) is 9.06. The second-order valence-corrected chi connectivity index (χ2v) is 5.55. The van der Waals surface area contributed by atoms with E-state index in [1.165, 1.54) is 33.0 Å². The van der Waals surface area contributed by atoms with Gasteiger partial charge in [0.15, 0.2) is 0 Å². The molecule has 130 valence electrons. The first-order valence-electron chi connectivity index (χ1n) is 7.95. The van der Waals surface area contributed by atoms with Crippen LogP contribution in [0.3, 0.4) is 0 Å². The van der Waals surface area contributed by atoms with Crippen molar-refractivity contribution in [3.05, 3.63) is 102 Å². The standard InChI is InChI=1S/C13H9.C9H7.CH2.2ClH.Ti/c1-3-7-12-10(5-1)9-11-6-2-4-8-13(11)12;1-2-5-9-7-3-6-8(9)4-1;;;;/h1-5,7-8H,9H2;1-7H;1H2;2*1H;/q2*-1;;;;+2/p-2. The third-order valence-corrected chi connectivity index (χ3v) is 4.16. The van der Waals surface area contributed by atoms with Gasteiger partial charge in [-0.1, -0.05) is 41.5 Å². The smallest absolute Gasteiger partial charge is 0.0253 e. The molecule has 0 spiro atoms. The molecule has 0 bridgehead atoms. The molecule has 1 aliphatic carbocycles. The zero-order chi connectivity index (χ0) is 16.8. The van der Waals surface area contributed by atoms with E-state index >= 15 is 0 Å². The SMILES string of the molecule is [CH2]=[Ti+2].[Cl-].[Cl-].[c-]1cccc2c1Cc1ccccc1-2.c1ccc2[cH-]ccc2c1. The van der Waals surface area contributed by atoms with Crippen molar-refractivity contribution in [2.45, 2.75) is 6.42 Å². The number of hydrogen-bond donors (Lipinski definition) is 0. The molecule has 1 aliphatic rings. The second kappa shape index (κ2) is 11.2. The minimum absolute atomic E-state index is 0. The Morgan fingerprint density at radius 3 is 2.31 bits per heavy atom. The van der Waals surface area contributed by atoms with Gasteiger partial charge in [-0.25, -0.2) is 0 Å². The Bertz CT molecular complexity index is 870. The topological polar surface area (TPSA) is 0 Å². The molecular formula is C23H18Cl2Ti-2. The van der Waals surface area contributed by atoms with Gasteiger partial charge in [-0.3, -0.25) is 0 Å². The molecule has 0 saturated carbocycles. The van der Waals surface area contributed by atoms with Gasteiger partial charge < -0.3 is 24.8 Å². The molecule has 0 radical (unpaired) electrons. The zero-order valence-electron chi connectivity index (χ0n) is 14.3. The van der Waals surface area contributed by atoms with Crippen molar-refractivity contribution in [2.24, 2.45) is 0 Å². The van der Waals surface area contributed by atoms with Gasteiger partial charge in [0.2, 0.25) is 0 Å². The maximum atomic E-state index is 3.30. The summed E-state index contributed by atoms with van der Waals surface area (Å²) >= 11 is 1.75. The van der Waals surface area contributed by atoms with E-state index in [0.29, 0.717) is 0 Å². The van der Waals surface area contributed by atoms with Gasteiger partial charge in [-0.05, 0) is 6.42 Å². The summed E-state index contributed by atoms with van der Waals surface area (Å²) < 4.78 is 0. The Hall–Kier alpha value is -1.57. The summed E-state index contributed by atoms with van der Waals surface area (Å²) in [7, 11) is 0. The summed E-state index contributed by atoms with van der Waals surface area (Å²) in [5, 5.41) is 2.66. The van der Waals surface area contributed by atoms with Gasteiger partial charge in [0.05, 0.1) is 0 Å². The fourth-order valence-corrected chi connectivity index (χ4v) is 3.07. The van der Waals surface area contributed by atoms with Gasteiger partial charge in [-0.15, -0.1) is 35.2 Å². The van der Waals surface area contributed by atoms with Crippen LogP contribution in [-0.2, 0) is 26.4 Å². The summed E-state index contributed by atoms with van der Waals surface area (Å²) in [6, 6.07) is 32.8. The Kier molecular flexibility index (Phi) is 9.69. The first-order chi connectivity index (χ1) is 11.9. The third kappa shape index (κ3) is 4.99. The van der Waals surface area contributed by atoms with Crippen molar-refractivity contribution >= 4 is 15.6 Å². The molecule has 4 aromatic rings. The van der Waals surface area contributed by atoms with Crippen molar-refractivity contribution in [1.29, 1.82) is 0 Å². The van der Waals surface area contributed by atoms with E-state index in [-0.39, 0.29) is 24.8 Å². The molecule has 0 N–H and O–H groups in total. The van der Waals surface area contributed by atoms with Crippen LogP contribution in [0.2, 0.25) is 0 Å². The van der Waals surface area contributed by atoms with Gasteiger partial charge >= 0.3 is 24.8 Å². The van der Waals surface area contributed by atoms with Crippen molar-refractivity contribution in [3.63, 3.8) is 0 Å². The van der Waals surface area contributed by atoms with E-state index < -0.39 is 0 Å². The fraction of sp³-hybridized carbons (Fsp3) is 0.0435. The minimum atomic E-state index is 0. The Morgan fingerprint density at radius 1 is 0.808 bits per heavy atom. The van der Waals surface area contributed by atoms with Crippen LogP contribution in [-0.4, -0.2) is 4.82 Å². The number of halogens is 2. The average Bonchev–Trinajstić information content (AvgIpc) is 3.28. The Morgan fingerprint density at radius 2 is 1.50 bits per heavy atom. The van der Waals surface area contributed by atoms with Gasteiger partial charge in [0, 0.05) is 0 Å². The van der Waals surface area contributed by atoms with Gasteiger partial charge in [0.1, 0.15) is 0 Å². The Labute approximate surface area is 179 Å². The van der Waals surface area contributed by atoms with E-state index in [4.69, 9.17) is 0 Å². The molecule has 0 fully saturated rings. The van der Waals surface area contributed by atoms with Crippen molar-refractivity contribution in [3.8, 4) is 11.1 Å². The van der Waals surface area contributed by atoms with Gasteiger partial charge in [-0.2, -0.15) is 47.3 Å². The molecule has 0 aliphatic heterocycles. The summed E-state index contributed by atoms with van der Waals surface area (Å²) in [6.45, 7) is 0. The van der Waals surface area contributed by atoms with E-state index in [9.17, 15) is 0 Å². The van der Waals surface area contributed by atoms with E-state index in [1.807, 2.05) is 6.07 Å². The zero-order valence-corrected chi connectivity index (χ0v) is 17.3. The van der Waals surface area contributed by atoms with Crippen LogP contribution in [0.1, 0.15) is 11.1 Å². The van der Waals surface area contributed by atoms with Crippen molar-refractivity contribution < 1.29 is 44.8 Å². The van der Waals surface area contributed by atoms with Crippen LogP contribution in [0.4, 0.5) is 0 Å². The van der Waals surface area contributed by atoms with Gasteiger partial charge in [0.25, 0.3) is 0 Å². The molecule has 0 saturated heterocycles. The predicted molar refractivity (Wildman–Crippen MR) is 100 cm³/mol. The van der Waals surface area contributed by atoms with E-state index in [0.717, 1.165) is 6.42 Å². The molecule has 4 aromatic carbocycles. The third-order valence-electron chi connectivity index (χ3n) is 4.16. The van der Waals surface area contributed by atoms with Crippen LogP contribution in [0.25, 0.3) is 21.9 Å². The van der Waals surface area contributed by atoms with Crippen LogP contribution in [0, 0.1) is 6.07 Å². The molecule has 0 heterocycles. The predicted octanol–water partition coefficient (Wildman–Crippen LogP) is -0.410. The minimum Gasteiger partial charge on any atom is -1.00 e. The number of hydrogen-bond acceptors (Lipinski definition) is 0. The van der Waals surface area contributed by atoms with Crippen molar-refractivity contribution in [1.82, 2.24) is 0 Å². The molecule has 26 heavy (non-hydrogen) atoms. The second-order valence-electron chi connectivity index (χ2n) is 5.55.